The van der Waals surface area contributed by atoms with Crippen molar-refractivity contribution in [1.82, 2.24) is 4.98 Å². The number of nitrogens with two attached hydrogens (primary N) is 1. The van der Waals surface area contributed by atoms with Gasteiger partial charge in [-0.15, -0.1) is 0 Å². The Morgan fingerprint density at radius 1 is 1.25 bits per heavy atom. The van der Waals surface area contributed by atoms with E-state index in [0.717, 1.165) is 12.8 Å². The molecule has 20 heavy (non-hydrogen) atoms. The number of ether oxygens (including phenoxy) is 1. The van der Waals surface area contributed by atoms with E-state index in [0.29, 0.717) is 17.9 Å². The number of hydrogen-bond acceptors (Lipinski definition) is 4. The summed E-state index contributed by atoms with van der Waals surface area (Å²) in [6.07, 6.45) is 5.38. The Labute approximate surface area is 117 Å². The van der Waals surface area contributed by atoms with Gasteiger partial charge in [0, 0.05) is 12.4 Å². The first kappa shape index (κ1) is 13.9. The number of amidine groups is 1. The van der Waals surface area contributed by atoms with Gasteiger partial charge in [-0.1, -0.05) is 23.4 Å². The average molecular weight is 271 g/mol. The Morgan fingerprint density at radius 2 is 2.10 bits per heavy atom. The smallest absolute Gasteiger partial charge is 0.173 e. The number of pyridine rings is 1. The van der Waals surface area contributed by atoms with E-state index < -0.39 is 0 Å². The van der Waals surface area contributed by atoms with Crippen molar-refractivity contribution < 1.29 is 9.94 Å². The molecule has 3 N–H and O–H groups in total. The number of nitrogens with zero attached hydrogens (tertiary/aromatic N) is 2. The largest absolute Gasteiger partial charge is 0.493 e. The van der Waals surface area contributed by atoms with Gasteiger partial charge in [0.1, 0.15) is 5.75 Å². The van der Waals surface area contributed by atoms with Crippen LogP contribution in [0.15, 0.2) is 53.9 Å². The predicted octanol–water partition coefficient (Wildman–Crippen LogP) is 2.19. The van der Waals surface area contributed by atoms with Crippen LogP contribution in [-0.4, -0.2) is 22.6 Å². The highest BCUT2D eigenvalue weighted by atomic mass is 16.5. The van der Waals surface area contributed by atoms with Crippen LogP contribution in [-0.2, 0) is 6.42 Å². The first-order chi connectivity index (χ1) is 9.81. The van der Waals surface area contributed by atoms with E-state index in [-0.39, 0.29) is 5.84 Å². The van der Waals surface area contributed by atoms with Crippen LogP contribution in [0.25, 0.3) is 0 Å². The van der Waals surface area contributed by atoms with E-state index >= 15 is 0 Å². The molecule has 0 unspecified atom stereocenters. The first-order valence-corrected chi connectivity index (χ1v) is 6.40. The van der Waals surface area contributed by atoms with Gasteiger partial charge in [0.2, 0.25) is 0 Å². The maximum Gasteiger partial charge on any atom is 0.173 e. The molecule has 2 aromatic rings. The summed E-state index contributed by atoms with van der Waals surface area (Å²) >= 11 is 0. The molecule has 0 spiro atoms. The highest BCUT2D eigenvalue weighted by molar-refractivity contribution is 5.99. The summed E-state index contributed by atoms with van der Waals surface area (Å²) in [6.45, 7) is 0.560. The average Bonchev–Trinajstić information content (AvgIpc) is 2.52. The monoisotopic (exact) mass is 271 g/mol. The highest BCUT2D eigenvalue weighted by Gasteiger charge is 2.07. The minimum atomic E-state index is 0.0489. The molecule has 5 heteroatoms. The Morgan fingerprint density at radius 3 is 2.85 bits per heavy atom. The van der Waals surface area contributed by atoms with Crippen LogP contribution >= 0.6 is 0 Å². The molecule has 0 aliphatic heterocycles. The molecule has 0 saturated heterocycles. The zero-order valence-electron chi connectivity index (χ0n) is 11.1. The van der Waals surface area contributed by atoms with E-state index in [1.54, 1.807) is 18.3 Å². The summed E-state index contributed by atoms with van der Waals surface area (Å²) in [6, 6.07) is 11.2. The normalized spacial score (nSPS) is 11.3. The number of benzene rings is 1. The molecule has 0 radical (unpaired) electrons. The predicted molar refractivity (Wildman–Crippen MR) is 77.0 cm³/mol. The molecule has 0 saturated carbocycles. The number of aromatic nitrogens is 1. The van der Waals surface area contributed by atoms with Crippen LogP contribution in [0.2, 0.25) is 0 Å². The summed E-state index contributed by atoms with van der Waals surface area (Å²) in [5.74, 6) is 0.668. The standard InChI is InChI=1S/C15H17N3O2/c16-15(18-19)13-7-1-2-8-14(13)20-10-4-6-12-5-3-9-17-11-12/h1-3,5,7-9,11,19H,4,6,10H2,(H2,16,18). The molecule has 0 atom stereocenters. The highest BCUT2D eigenvalue weighted by Crippen LogP contribution is 2.18. The Kier molecular flexibility index (Phi) is 4.94. The summed E-state index contributed by atoms with van der Waals surface area (Å²) in [5.41, 5.74) is 7.38. The Balaban J connectivity index is 1.88. The molecule has 0 fully saturated rings. The summed E-state index contributed by atoms with van der Waals surface area (Å²) in [5, 5.41) is 11.7. The third-order valence-corrected chi connectivity index (χ3v) is 2.86. The van der Waals surface area contributed by atoms with Crippen molar-refractivity contribution in [2.45, 2.75) is 12.8 Å². The fraction of sp³-hybridized carbons (Fsp3) is 0.200. The molecule has 5 nitrogen and oxygen atoms in total. The lowest BCUT2D eigenvalue weighted by atomic mass is 10.1. The molecule has 0 aliphatic carbocycles. The second kappa shape index (κ2) is 7.13. The van der Waals surface area contributed by atoms with Gasteiger partial charge in [-0.3, -0.25) is 4.98 Å². The second-order valence-corrected chi connectivity index (χ2v) is 4.29. The van der Waals surface area contributed by atoms with Gasteiger partial charge in [-0.25, -0.2) is 0 Å². The number of hydrogen-bond donors (Lipinski definition) is 2. The molecule has 0 amide bonds. The fourth-order valence-corrected chi connectivity index (χ4v) is 1.86. The van der Waals surface area contributed by atoms with Crippen molar-refractivity contribution in [3.8, 4) is 5.75 Å². The van der Waals surface area contributed by atoms with Crippen molar-refractivity contribution in [2.75, 3.05) is 6.61 Å². The summed E-state index contributed by atoms with van der Waals surface area (Å²) < 4.78 is 5.69. The molecular formula is C15H17N3O2. The molecule has 1 aromatic carbocycles. The Hall–Kier alpha value is -2.56. The van der Waals surface area contributed by atoms with E-state index in [9.17, 15) is 0 Å². The topological polar surface area (TPSA) is 80.7 Å². The molecule has 1 aromatic heterocycles. The lowest BCUT2D eigenvalue weighted by Crippen LogP contribution is -2.15. The van der Waals surface area contributed by atoms with Gasteiger partial charge in [-0.2, -0.15) is 0 Å². The summed E-state index contributed by atoms with van der Waals surface area (Å²) in [7, 11) is 0. The van der Waals surface area contributed by atoms with Gasteiger partial charge >= 0.3 is 0 Å². The Bertz CT molecular complexity index is 570. The van der Waals surface area contributed by atoms with E-state index in [2.05, 4.69) is 10.1 Å². The lowest BCUT2D eigenvalue weighted by Gasteiger charge is -2.10. The molecule has 2 rings (SSSR count). The molecule has 0 bridgehead atoms. The van der Waals surface area contributed by atoms with Gasteiger partial charge in [-0.05, 0) is 36.6 Å². The SMILES string of the molecule is NC(=NO)c1ccccc1OCCCc1cccnc1. The van der Waals surface area contributed by atoms with E-state index in [1.165, 1.54) is 5.56 Å². The number of para-hydroxylation sites is 1. The number of rotatable bonds is 6. The fourth-order valence-electron chi connectivity index (χ4n) is 1.86. The lowest BCUT2D eigenvalue weighted by molar-refractivity contribution is 0.307. The molecule has 0 aliphatic rings. The number of oxime groups is 1. The van der Waals surface area contributed by atoms with E-state index in [1.807, 2.05) is 30.5 Å². The third-order valence-electron chi connectivity index (χ3n) is 2.86. The molecule has 104 valence electrons. The van der Waals surface area contributed by atoms with Gasteiger partial charge in [0.25, 0.3) is 0 Å². The van der Waals surface area contributed by atoms with Crippen molar-refractivity contribution >= 4 is 5.84 Å². The maximum atomic E-state index is 8.73. The molecule has 1 heterocycles. The minimum Gasteiger partial charge on any atom is -0.493 e. The van der Waals surface area contributed by atoms with Crippen molar-refractivity contribution in [3.05, 3.63) is 59.9 Å². The van der Waals surface area contributed by atoms with Crippen LogP contribution in [0, 0.1) is 0 Å². The van der Waals surface area contributed by atoms with Gasteiger partial charge in [0.05, 0.1) is 12.2 Å². The zero-order chi connectivity index (χ0) is 14.2. The summed E-state index contributed by atoms with van der Waals surface area (Å²) in [4.78, 5) is 4.07. The third kappa shape index (κ3) is 3.71. The van der Waals surface area contributed by atoms with Gasteiger partial charge in [0.15, 0.2) is 5.84 Å². The maximum absolute atomic E-state index is 8.73. The second-order valence-electron chi connectivity index (χ2n) is 4.29. The quantitative estimate of drug-likeness (QED) is 0.277. The first-order valence-electron chi connectivity index (χ1n) is 6.40. The van der Waals surface area contributed by atoms with Crippen molar-refractivity contribution in [2.24, 2.45) is 10.9 Å². The van der Waals surface area contributed by atoms with Crippen LogP contribution in [0.4, 0.5) is 0 Å². The van der Waals surface area contributed by atoms with Crippen molar-refractivity contribution in [3.63, 3.8) is 0 Å². The van der Waals surface area contributed by atoms with Crippen LogP contribution in [0.5, 0.6) is 5.75 Å². The minimum absolute atomic E-state index is 0.0489. The number of aryl methyl sites for hydroxylation is 1. The van der Waals surface area contributed by atoms with E-state index in [4.69, 9.17) is 15.7 Å². The van der Waals surface area contributed by atoms with Crippen LogP contribution < -0.4 is 10.5 Å². The van der Waals surface area contributed by atoms with Gasteiger partial charge < -0.3 is 15.7 Å². The molecular weight excluding hydrogens is 254 g/mol. The van der Waals surface area contributed by atoms with Crippen LogP contribution in [0.1, 0.15) is 17.5 Å². The zero-order valence-corrected chi connectivity index (χ0v) is 11.1. The van der Waals surface area contributed by atoms with Crippen LogP contribution in [0.3, 0.4) is 0 Å². The van der Waals surface area contributed by atoms with Crippen molar-refractivity contribution in [1.29, 1.82) is 0 Å².